The van der Waals surface area contributed by atoms with Crippen molar-refractivity contribution in [3.8, 4) is 0 Å². The number of nitrogens with zero attached hydrogens (tertiary/aromatic N) is 1. The molecule has 0 spiro atoms. The predicted octanol–water partition coefficient (Wildman–Crippen LogP) is 1.17. The van der Waals surface area contributed by atoms with E-state index in [9.17, 15) is 4.79 Å². The molecule has 1 atom stereocenters. The average molecular weight is 231 g/mol. The van der Waals surface area contributed by atoms with Crippen molar-refractivity contribution in [2.45, 2.75) is 13.0 Å². The molecule has 1 unspecified atom stereocenters. The van der Waals surface area contributed by atoms with Gasteiger partial charge in [0.15, 0.2) is 0 Å². The van der Waals surface area contributed by atoms with Crippen molar-refractivity contribution in [2.24, 2.45) is 12.8 Å². The first-order valence-electron chi connectivity index (χ1n) is 3.64. The van der Waals surface area contributed by atoms with E-state index in [-0.39, 0.29) is 11.6 Å². The van der Waals surface area contributed by atoms with E-state index in [0.29, 0.717) is 0 Å². The molecule has 2 N–H and O–H groups in total. The molecule has 0 radical (unpaired) electrons. The zero-order chi connectivity index (χ0) is 9.30. The minimum absolute atomic E-state index is 0.0366. The summed E-state index contributed by atoms with van der Waals surface area (Å²) >= 11 is 3.34. The van der Waals surface area contributed by atoms with Crippen LogP contribution in [0.3, 0.4) is 0 Å². The number of aryl methyl sites for hydroxylation is 1. The molecule has 1 heterocycles. The molecule has 0 saturated heterocycles. The number of nitrogens with two attached hydrogens (primary N) is 1. The fraction of sp³-hybridized carbons (Fsp3) is 0.375. The Kier molecular flexibility index (Phi) is 2.69. The monoisotopic (exact) mass is 230 g/mol. The molecule has 1 aromatic rings. The van der Waals surface area contributed by atoms with Gasteiger partial charge in [-0.25, -0.2) is 0 Å². The van der Waals surface area contributed by atoms with Crippen LogP contribution in [0.4, 0.5) is 0 Å². The van der Waals surface area contributed by atoms with Gasteiger partial charge in [0.1, 0.15) is 0 Å². The summed E-state index contributed by atoms with van der Waals surface area (Å²) in [4.78, 5) is 11.2. The molecular formula is C8H11BrN2O. The number of rotatable bonds is 1. The molecule has 0 fully saturated rings. The lowest BCUT2D eigenvalue weighted by atomic mass is 10.1. The molecular weight excluding hydrogens is 220 g/mol. The van der Waals surface area contributed by atoms with Crippen LogP contribution in [-0.2, 0) is 7.05 Å². The summed E-state index contributed by atoms with van der Waals surface area (Å²) in [6.07, 6.45) is 1.72. The lowest BCUT2D eigenvalue weighted by molar-refractivity contribution is 0.780. The largest absolute Gasteiger partial charge is 0.324 e. The molecule has 0 aromatic carbocycles. The second-order valence-corrected chi connectivity index (χ2v) is 3.67. The van der Waals surface area contributed by atoms with Crippen molar-refractivity contribution in [2.75, 3.05) is 0 Å². The first kappa shape index (κ1) is 9.48. The number of hydrogen-bond acceptors (Lipinski definition) is 2. The van der Waals surface area contributed by atoms with Gasteiger partial charge in [-0.3, -0.25) is 4.79 Å². The van der Waals surface area contributed by atoms with E-state index in [1.165, 1.54) is 4.57 Å². The highest BCUT2D eigenvalue weighted by molar-refractivity contribution is 9.10. The third kappa shape index (κ3) is 1.76. The van der Waals surface area contributed by atoms with Crippen molar-refractivity contribution in [3.05, 3.63) is 32.7 Å². The summed E-state index contributed by atoms with van der Waals surface area (Å²) in [5.41, 5.74) is 6.46. The standard InChI is InChI=1S/C8H11BrN2O/c1-5(10)6-3-8(12)11(2)4-7(6)9/h3-5H,10H2,1-2H3. The van der Waals surface area contributed by atoms with Crippen LogP contribution in [0.15, 0.2) is 21.5 Å². The predicted molar refractivity (Wildman–Crippen MR) is 52.0 cm³/mol. The van der Waals surface area contributed by atoms with Crippen LogP contribution < -0.4 is 11.3 Å². The molecule has 0 aliphatic heterocycles. The maximum Gasteiger partial charge on any atom is 0.250 e. The van der Waals surface area contributed by atoms with E-state index in [0.717, 1.165) is 10.0 Å². The summed E-state index contributed by atoms with van der Waals surface area (Å²) in [6.45, 7) is 1.85. The van der Waals surface area contributed by atoms with E-state index in [2.05, 4.69) is 15.9 Å². The number of halogens is 1. The van der Waals surface area contributed by atoms with Crippen LogP contribution in [0, 0.1) is 0 Å². The third-order valence-electron chi connectivity index (χ3n) is 1.70. The van der Waals surface area contributed by atoms with E-state index in [4.69, 9.17) is 5.73 Å². The molecule has 12 heavy (non-hydrogen) atoms. The Bertz CT molecular complexity index is 343. The highest BCUT2D eigenvalue weighted by Crippen LogP contribution is 2.18. The lowest BCUT2D eigenvalue weighted by Gasteiger charge is -2.08. The van der Waals surface area contributed by atoms with Crippen LogP contribution in [-0.4, -0.2) is 4.57 Å². The van der Waals surface area contributed by atoms with Gasteiger partial charge in [-0.15, -0.1) is 0 Å². The first-order chi connectivity index (χ1) is 5.52. The number of aromatic nitrogens is 1. The van der Waals surface area contributed by atoms with Gasteiger partial charge in [-0.1, -0.05) is 0 Å². The normalized spacial score (nSPS) is 13.0. The van der Waals surface area contributed by atoms with E-state index >= 15 is 0 Å². The number of pyridine rings is 1. The summed E-state index contributed by atoms with van der Waals surface area (Å²) in [7, 11) is 1.71. The molecule has 0 bridgehead atoms. The smallest absolute Gasteiger partial charge is 0.250 e. The molecule has 0 aliphatic carbocycles. The van der Waals surface area contributed by atoms with Crippen LogP contribution in [0.25, 0.3) is 0 Å². The highest BCUT2D eigenvalue weighted by atomic mass is 79.9. The molecule has 4 heteroatoms. The van der Waals surface area contributed by atoms with E-state index < -0.39 is 0 Å². The molecule has 0 aliphatic rings. The fourth-order valence-corrected chi connectivity index (χ4v) is 1.74. The van der Waals surface area contributed by atoms with Crippen molar-refractivity contribution >= 4 is 15.9 Å². The van der Waals surface area contributed by atoms with Crippen molar-refractivity contribution in [1.82, 2.24) is 4.57 Å². The molecule has 0 amide bonds. The molecule has 66 valence electrons. The van der Waals surface area contributed by atoms with Crippen LogP contribution in [0.5, 0.6) is 0 Å². The van der Waals surface area contributed by atoms with Crippen molar-refractivity contribution < 1.29 is 0 Å². The molecule has 1 aromatic heterocycles. The van der Waals surface area contributed by atoms with Gasteiger partial charge >= 0.3 is 0 Å². The minimum Gasteiger partial charge on any atom is -0.324 e. The maximum absolute atomic E-state index is 11.2. The lowest BCUT2D eigenvalue weighted by Crippen LogP contribution is -2.18. The van der Waals surface area contributed by atoms with E-state index in [1.54, 1.807) is 19.3 Å². The van der Waals surface area contributed by atoms with Gasteiger partial charge in [0.2, 0.25) is 0 Å². The van der Waals surface area contributed by atoms with Gasteiger partial charge in [0, 0.05) is 29.8 Å². The van der Waals surface area contributed by atoms with Crippen LogP contribution in [0.2, 0.25) is 0 Å². The molecule has 0 saturated carbocycles. The Balaban J connectivity index is 3.33. The Morgan fingerprint density at radius 1 is 1.67 bits per heavy atom. The average Bonchev–Trinajstić information content (AvgIpc) is 1.96. The van der Waals surface area contributed by atoms with E-state index in [1.807, 2.05) is 6.92 Å². The zero-order valence-corrected chi connectivity index (χ0v) is 8.63. The fourth-order valence-electron chi connectivity index (χ4n) is 0.961. The van der Waals surface area contributed by atoms with Gasteiger partial charge in [-0.05, 0) is 28.4 Å². The summed E-state index contributed by atoms with van der Waals surface area (Å²) in [5, 5.41) is 0. The second-order valence-electron chi connectivity index (χ2n) is 2.81. The Morgan fingerprint density at radius 2 is 2.25 bits per heavy atom. The van der Waals surface area contributed by atoms with Crippen molar-refractivity contribution in [3.63, 3.8) is 0 Å². The highest BCUT2D eigenvalue weighted by Gasteiger charge is 2.06. The minimum atomic E-state index is -0.117. The third-order valence-corrected chi connectivity index (χ3v) is 2.36. The first-order valence-corrected chi connectivity index (χ1v) is 4.43. The number of hydrogen-bond donors (Lipinski definition) is 1. The van der Waals surface area contributed by atoms with Crippen LogP contribution in [0.1, 0.15) is 18.5 Å². The topological polar surface area (TPSA) is 48.0 Å². The SMILES string of the molecule is CC(N)c1cc(=O)n(C)cc1Br. The van der Waals surface area contributed by atoms with Gasteiger partial charge in [0.05, 0.1) is 0 Å². The molecule has 3 nitrogen and oxygen atoms in total. The second kappa shape index (κ2) is 3.41. The quantitative estimate of drug-likeness (QED) is 0.788. The van der Waals surface area contributed by atoms with Crippen LogP contribution >= 0.6 is 15.9 Å². The summed E-state index contributed by atoms with van der Waals surface area (Å²) in [5.74, 6) is 0. The Hall–Kier alpha value is -0.610. The van der Waals surface area contributed by atoms with Gasteiger partial charge in [-0.2, -0.15) is 0 Å². The maximum atomic E-state index is 11.2. The van der Waals surface area contributed by atoms with Gasteiger partial charge in [0.25, 0.3) is 5.56 Å². The van der Waals surface area contributed by atoms with Crippen molar-refractivity contribution in [1.29, 1.82) is 0 Å². The Labute approximate surface area is 79.3 Å². The van der Waals surface area contributed by atoms with Gasteiger partial charge < -0.3 is 10.3 Å². The summed E-state index contributed by atoms with van der Waals surface area (Å²) < 4.78 is 2.38. The molecule has 1 rings (SSSR count). The Morgan fingerprint density at radius 3 is 2.75 bits per heavy atom. The zero-order valence-electron chi connectivity index (χ0n) is 7.04. The summed E-state index contributed by atoms with van der Waals surface area (Å²) in [6, 6.07) is 1.43.